The van der Waals surface area contributed by atoms with E-state index < -0.39 is 10.0 Å². The Morgan fingerprint density at radius 1 is 1.10 bits per heavy atom. The highest BCUT2D eigenvalue weighted by Crippen LogP contribution is 2.31. The molecule has 5 nitrogen and oxygen atoms in total. The molecule has 0 saturated carbocycles. The van der Waals surface area contributed by atoms with E-state index in [-0.39, 0.29) is 10.7 Å². The fraction of sp³-hybridized carbons (Fsp3) is 0.0833. The van der Waals surface area contributed by atoms with Crippen molar-refractivity contribution in [3.8, 4) is 0 Å². The number of nitrogens with zero attached hydrogens (tertiary/aromatic N) is 1. The van der Waals surface area contributed by atoms with Gasteiger partial charge in [-0.25, -0.2) is 13.4 Å². The molecule has 9 heteroatoms. The summed E-state index contributed by atoms with van der Waals surface area (Å²) in [6.07, 6.45) is 1.38. The number of nitrogens with two attached hydrogens (primary N) is 1. The number of halogens is 3. The van der Waals surface area contributed by atoms with E-state index in [0.717, 1.165) is 5.56 Å². The van der Waals surface area contributed by atoms with Crippen LogP contribution in [0.4, 0.5) is 11.5 Å². The Bertz CT molecular complexity index is 810. The predicted octanol–water partition coefficient (Wildman–Crippen LogP) is 4.06. The average Bonchev–Trinajstić information content (AvgIpc) is 2.37. The topological polar surface area (TPSA) is 85.1 Å². The average molecular weight is 500 g/mol. The lowest BCUT2D eigenvalue weighted by Crippen LogP contribution is -2.15. The van der Waals surface area contributed by atoms with Crippen LogP contribution in [0.5, 0.6) is 0 Å². The van der Waals surface area contributed by atoms with Gasteiger partial charge in [-0.3, -0.25) is 4.72 Å². The van der Waals surface area contributed by atoms with Gasteiger partial charge in [0.05, 0.1) is 16.4 Å². The van der Waals surface area contributed by atoms with Gasteiger partial charge >= 0.3 is 0 Å². The van der Waals surface area contributed by atoms with Crippen LogP contribution in [0.2, 0.25) is 0 Å². The second kappa shape index (κ2) is 6.23. The number of hydrogen-bond donors (Lipinski definition) is 2. The van der Waals surface area contributed by atoms with Crippen molar-refractivity contribution in [1.29, 1.82) is 0 Å². The van der Waals surface area contributed by atoms with Gasteiger partial charge in [0.25, 0.3) is 10.0 Å². The number of nitrogens with one attached hydrogen (secondary N) is 1. The summed E-state index contributed by atoms with van der Waals surface area (Å²) >= 11 is 9.82. The van der Waals surface area contributed by atoms with Crippen LogP contribution in [-0.2, 0) is 10.0 Å². The summed E-state index contributed by atoms with van der Waals surface area (Å²) in [6, 6.07) is 4.84. The molecule has 0 saturated heterocycles. The Hall–Kier alpha value is -0.640. The summed E-state index contributed by atoms with van der Waals surface area (Å²) in [7, 11) is -3.78. The highest BCUT2D eigenvalue weighted by molar-refractivity contribution is 9.11. The first-order valence-electron chi connectivity index (χ1n) is 5.60. The van der Waals surface area contributed by atoms with E-state index in [2.05, 4.69) is 57.5 Å². The summed E-state index contributed by atoms with van der Waals surface area (Å²) in [5, 5.41) is 0. The zero-order valence-corrected chi connectivity index (χ0v) is 16.3. The number of aromatic nitrogens is 1. The first-order valence-corrected chi connectivity index (χ1v) is 9.46. The summed E-state index contributed by atoms with van der Waals surface area (Å²) in [4.78, 5) is 4.09. The molecule has 1 aromatic carbocycles. The third-order valence-electron chi connectivity index (χ3n) is 2.60. The van der Waals surface area contributed by atoms with Crippen LogP contribution in [0.1, 0.15) is 5.56 Å². The van der Waals surface area contributed by atoms with Crippen molar-refractivity contribution in [2.75, 3.05) is 10.5 Å². The molecule has 0 unspecified atom stereocenters. The Kier molecular flexibility index (Phi) is 4.96. The third kappa shape index (κ3) is 3.77. The molecule has 0 aliphatic carbocycles. The molecule has 1 heterocycles. The lowest BCUT2D eigenvalue weighted by molar-refractivity contribution is 0.600. The maximum Gasteiger partial charge on any atom is 0.264 e. The molecule has 0 spiro atoms. The largest absolute Gasteiger partial charge is 0.397 e. The lowest BCUT2D eigenvalue weighted by atomic mass is 10.2. The molecule has 21 heavy (non-hydrogen) atoms. The molecule has 2 rings (SSSR count). The predicted molar refractivity (Wildman–Crippen MR) is 93.7 cm³/mol. The Labute approximate surface area is 147 Å². The van der Waals surface area contributed by atoms with E-state index in [1.54, 1.807) is 12.1 Å². The number of nitrogen functional groups attached to an aromatic ring is 1. The van der Waals surface area contributed by atoms with Crippen LogP contribution in [-0.4, -0.2) is 13.4 Å². The minimum absolute atomic E-state index is 0.116. The van der Waals surface area contributed by atoms with Crippen LogP contribution in [0.25, 0.3) is 0 Å². The monoisotopic (exact) mass is 497 g/mol. The molecule has 2 aromatic rings. The minimum atomic E-state index is -3.78. The van der Waals surface area contributed by atoms with Crippen LogP contribution in [0, 0.1) is 6.92 Å². The normalized spacial score (nSPS) is 11.4. The van der Waals surface area contributed by atoms with Crippen molar-refractivity contribution in [1.82, 2.24) is 4.98 Å². The number of hydrogen-bond acceptors (Lipinski definition) is 4. The molecule has 1 aromatic heterocycles. The fourth-order valence-electron chi connectivity index (χ4n) is 1.54. The summed E-state index contributed by atoms with van der Waals surface area (Å²) < 4.78 is 29.0. The highest BCUT2D eigenvalue weighted by atomic mass is 79.9. The van der Waals surface area contributed by atoms with Crippen LogP contribution >= 0.6 is 47.8 Å². The van der Waals surface area contributed by atoms with Crippen LogP contribution in [0.15, 0.2) is 42.7 Å². The van der Waals surface area contributed by atoms with Gasteiger partial charge in [-0.05, 0) is 62.5 Å². The van der Waals surface area contributed by atoms with E-state index in [1.165, 1.54) is 12.3 Å². The summed E-state index contributed by atoms with van der Waals surface area (Å²) in [5.41, 5.74) is 6.94. The van der Waals surface area contributed by atoms with E-state index >= 15 is 0 Å². The molecule has 112 valence electrons. The molecule has 0 aliphatic heterocycles. The van der Waals surface area contributed by atoms with Gasteiger partial charge in [0.2, 0.25) is 0 Å². The lowest BCUT2D eigenvalue weighted by Gasteiger charge is -2.12. The molecule has 3 N–H and O–H groups in total. The van der Waals surface area contributed by atoms with Gasteiger partial charge in [-0.1, -0.05) is 15.9 Å². The van der Waals surface area contributed by atoms with Gasteiger partial charge < -0.3 is 5.73 Å². The first kappa shape index (κ1) is 16.7. The fourth-order valence-corrected chi connectivity index (χ4v) is 4.85. The van der Waals surface area contributed by atoms with E-state index in [9.17, 15) is 8.42 Å². The molecule has 0 radical (unpaired) electrons. The molecule has 0 fully saturated rings. The number of aryl methyl sites for hydroxylation is 1. The number of rotatable bonds is 3. The van der Waals surface area contributed by atoms with E-state index in [1.807, 2.05) is 6.92 Å². The second-order valence-corrected chi connectivity index (χ2v) is 8.45. The molecule has 0 amide bonds. The zero-order valence-electron chi connectivity index (χ0n) is 10.7. The number of pyridine rings is 1. The van der Waals surface area contributed by atoms with Crippen molar-refractivity contribution in [2.45, 2.75) is 11.8 Å². The minimum Gasteiger partial charge on any atom is -0.397 e. The van der Waals surface area contributed by atoms with E-state index in [0.29, 0.717) is 19.1 Å². The van der Waals surface area contributed by atoms with Crippen molar-refractivity contribution >= 4 is 69.3 Å². The third-order valence-corrected chi connectivity index (χ3v) is 6.35. The molecule has 0 bridgehead atoms. The zero-order chi connectivity index (χ0) is 15.8. The maximum absolute atomic E-state index is 12.5. The molecule has 0 aliphatic rings. The summed E-state index contributed by atoms with van der Waals surface area (Å²) in [5.74, 6) is 0.174. The van der Waals surface area contributed by atoms with Crippen LogP contribution in [0.3, 0.4) is 0 Å². The smallest absolute Gasteiger partial charge is 0.264 e. The molecular formula is C12H10Br3N3O2S. The molecule has 0 atom stereocenters. The number of sulfonamides is 1. The van der Waals surface area contributed by atoms with E-state index in [4.69, 9.17) is 5.73 Å². The standard InChI is InChI=1S/C12H10Br3N3O2S/c1-6-2-9(14)11(4-8(6)13)21(19,20)18-12-10(15)3-7(16)5-17-12/h2-5H,16H2,1H3,(H,17,18). The summed E-state index contributed by atoms with van der Waals surface area (Å²) in [6.45, 7) is 1.87. The van der Waals surface area contributed by atoms with Gasteiger partial charge in [0.1, 0.15) is 4.90 Å². The quantitative estimate of drug-likeness (QED) is 0.667. The highest BCUT2D eigenvalue weighted by Gasteiger charge is 2.21. The Morgan fingerprint density at radius 2 is 1.76 bits per heavy atom. The van der Waals surface area contributed by atoms with Gasteiger partial charge in [-0.2, -0.15) is 0 Å². The van der Waals surface area contributed by atoms with Gasteiger partial charge in [-0.15, -0.1) is 0 Å². The number of anilines is 2. The second-order valence-electron chi connectivity index (χ2n) is 4.24. The van der Waals surface area contributed by atoms with Crippen LogP contribution < -0.4 is 10.5 Å². The molecular weight excluding hydrogens is 490 g/mol. The van der Waals surface area contributed by atoms with Crippen molar-refractivity contribution in [3.05, 3.63) is 43.4 Å². The van der Waals surface area contributed by atoms with Crippen molar-refractivity contribution < 1.29 is 8.42 Å². The number of benzene rings is 1. The SMILES string of the molecule is Cc1cc(Br)c(S(=O)(=O)Nc2ncc(N)cc2Br)cc1Br. The van der Waals surface area contributed by atoms with Gasteiger partial charge in [0.15, 0.2) is 5.82 Å². The Balaban J connectivity index is 2.46. The van der Waals surface area contributed by atoms with Crippen molar-refractivity contribution in [2.24, 2.45) is 0 Å². The maximum atomic E-state index is 12.5. The van der Waals surface area contributed by atoms with Gasteiger partial charge in [0, 0.05) is 8.95 Å². The van der Waals surface area contributed by atoms with Crippen molar-refractivity contribution in [3.63, 3.8) is 0 Å². The Morgan fingerprint density at radius 3 is 2.38 bits per heavy atom. The first-order chi connectivity index (χ1) is 9.70.